The molecule has 3 saturated heterocycles. The van der Waals surface area contributed by atoms with E-state index in [-0.39, 0.29) is 35.8 Å². The Kier molecular flexibility index (Phi) is 10.3. The van der Waals surface area contributed by atoms with Crippen molar-refractivity contribution in [3.63, 3.8) is 0 Å². The first-order valence-electron chi connectivity index (χ1n) is 19.3. The highest BCUT2D eigenvalue weighted by Gasteiger charge is 2.45. The summed E-state index contributed by atoms with van der Waals surface area (Å²) in [6, 6.07) is 12.6. The van der Waals surface area contributed by atoms with Gasteiger partial charge in [0.2, 0.25) is 17.7 Å². The number of nitrogens with two attached hydrogens (primary N) is 1. The SMILES string of the molecule is CC1(N)CCN(c2cnc(Sc3cccc(NC(=O)C4CCC(N5CCN(c6ccc7c(c6)C(=O)N(C6CCC(=O)NC6=O)C7=O)CC5)CC4)c3)cn2)CC1. The Morgan fingerprint density at radius 2 is 1.60 bits per heavy atom. The molecule has 0 bridgehead atoms. The van der Waals surface area contributed by atoms with Gasteiger partial charge in [-0.3, -0.25) is 39.1 Å². The quantitative estimate of drug-likeness (QED) is 0.285. The van der Waals surface area contributed by atoms with Gasteiger partial charge >= 0.3 is 0 Å². The van der Waals surface area contributed by atoms with Crippen molar-refractivity contribution in [2.75, 3.05) is 54.4 Å². The van der Waals surface area contributed by atoms with Crippen molar-refractivity contribution in [1.29, 1.82) is 0 Å². The summed E-state index contributed by atoms with van der Waals surface area (Å²) in [6.07, 6.45) is 9.28. The highest BCUT2D eigenvalue weighted by atomic mass is 32.2. The fourth-order valence-corrected chi connectivity index (χ4v) is 9.26. The van der Waals surface area contributed by atoms with Crippen LogP contribution >= 0.6 is 11.8 Å². The van der Waals surface area contributed by atoms with Gasteiger partial charge < -0.3 is 20.9 Å². The minimum absolute atomic E-state index is 0.0365. The zero-order valence-corrected chi connectivity index (χ0v) is 31.9. The van der Waals surface area contributed by atoms with Crippen LogP contribution in [0.15, 0.2) is 64.8 Å². The fourth-order valence-electron chi connectivity index (χ4n) is 8.48. The standard InChI is InChI=1S/C40H47N9O5S/c1-40(41)13-15-48(16-14-40)33-23-43-35(24-42-33)55-29-4-2-3-26(21-29)44-36(51)25-5-7-27(8-6-25)46-17-19-47(20-18-46)28-9-10-30-31(22-28)39(54)49(38(30)53)32-11-12-34(50)45-37(32)52/h2-4,9-10,21-25,27,32H,5-8,11-20,41H2,1H3,(H,44,51)(H,45,50,52). The Morgan fingerprint density at radius 1 is 0.855 bits per heavy atom. The van der Waals surface area contributed by atoms with Crippen LogP contribution in [-0.4, -0.2) is 106 Å². The third-order valence-corrected chi connectivity index (χ3v) is 12.8. The molecule has 15 heteroatoms. The van der Waals surface area contributed by atoms with Crippen LogP contribution in [0.3, 0.4) is 0 Å². The number of piperazine rings is 1. The molecular weight excluding hydrogens is 719 g/mol. The molecule has 2 aromatic carbocycles. The number of anilines is 3. The molecule has 1 aromatic heterocycles. The molecule has 4 aliphatic heterocycles. The molecule has 14 nitrogen and oxygen atoms in total. The van der Waals surface area contributed by atoms with E-state index in [1.54, 1.807) is 18.3 Å². The average molecular weight is 766 g/mol. The van der Waals surface area contributed by atoms with Crippen molar-refractivity contribution in [3.05, 3.63) is 66.0 Å². The minimum Gasteiger partial charge on any atom is -0.369 e. The summed E-state index contributed by atoms with van der Waals surface area (Å²) >= 11 is 1.52. The molecule has 1 unspecified atom stereocenters. The molecular formula is C40H47N9O5S. The Bertz CT molecular complexity index is 1980. The molecule has 4 N–H and O–H groups in total. The number of aromatic nitrogens is 2. The maximum absolute atomic E-state index is 13.4. The molecule has 4 fully saturated rings. The van der Waals surface area contributed by atoms with E-state index in [2.05, 4.69) is 42.2 Å². The number of carbonyl (C=O) groups is 5. The van der Waals surface area contributed by atoms with E-state index < -0.39 is 29.7 Å². The number of fused-ring (bicyclic) bond motifs is 1. The van der Waals surface area contributed by atoms with Crippen LogP contribution < -0.4 is 26.2 Å². The predicted molar refractivity (Wildman–Crippen MR) is 208 cm³/mol. The third-order valence-electron chi connectivity index (χ3n) is 11.9. The van der Waals surface area contributed by atoms with Crippen molar-refractivity contribution in [2.24, 2.45) is 11.7 Å². The lowest BCUT2D eigenvalue weighted by atomic mass is 9.84. The third kappa shape index (κ3) is 7.96. The van der Waals surface area contributed by atoms with Crippen molar-refractivity contribution < 1.29 is 24.0 Å². The van der Waals surface area contributed by atoms with Crippen molar-refractivity contribution in [3.8, 4) is 0 Å². The van der Waals surface area contributed by atoms with Gasteiger partial charge in [0.25, 0.3) is 11.8 Å². The maximum Gasteiger partial charge on any atom is 0.262 e. The number of carbonyl (C=O) groups excluding carboxylic acids is 5. The second kappa shape index (κ2) is 15.3. The van der Waals surface area contributed by atoms with Gasteiger partial charge in [0.15, 0.2) is 0 Å². The molecule has 0 radical (unpaired) electrons. The van der Waals surface area contributed by atoms with Gasteiger partial charge in [-0.15, -0.1) is 0 Å². The normalized spacial score (nSPS) is 24.5. The molecule has 3 aromatic rings. The van der Waals surface area contributed by atoms with Crippen LogP contribution in [0, 0.1) is 5.92 Å². The van der Waals surface area contributed by atoms with Crippen molar-refractivity contribution >= 4 is 58.5 Å². The number of hydrogen-bond acceptors (Lipinski definition) is 12. The summed E-state index contributed by atoms with van der Waals surface area (Å²) in [5.74, 6) is -1.10. The van der Waals surface area contributed by atoms with E-state index in [0.29, 0.717) is 11.6 Å². The van der Waals surface area contributed by atoms with Crippen LogP contribution in [0.2, 0.25) is 0 Å². The van der Waals surface area contributed by atoms with Gasteiger partial charge in [0, 0.05) is 79.5 Å². The van der Waals surface area contributed by atoms with Crippen LogP contribution in [0.1, 0.15) is 79.0 Å². The number of amides is 5. The molecule has 5 aliphatic rings. The van der Waals surface area contributed by atoms with Crippen LogP contribution in [0.4, 0.5) is 17.2 Å². The zero-order chi connectivity index (χ0) is 38.3. The number of nitrogens with one attached hydrogen (secondary N) is 2. The zero-order valence-electron chi connectivity index (χ0n) is 31.0. The molecule has 55 heavy (non-hydrogen) atoms. The fraction of sp³-hybridized carbons (Fsp3) is 0.475. The number of rotatable bonds is 8. The second-order valence-electron chi connectivity index (χ2n) is 15.7. The lowest BCUT2D eigenvalue weighted by Crippen LogP contribution is -2.54. The smallest absolute Gasteiger partial charge is 0.262 e. The number of piperidine rings is 2. The molecule has 8 rings (SSSR count). The molecule has 1 aliphatic carbocycles. The van der Waals surface area contributed by atoms with Gasteiger partial charge in [-0.25, -0.2) is 9.97 Å². The molecule has 288 valence electrons. The van der Waals surface area contributed by atoms with Gasteiger partial charge in [0.1, 0.15) is 16.9 Å². The molecule has 1 atom stereocenters. The number of benzene rings is 2. The Hall–Kier alpha value is -4.86. The first-order valence-corrected chi connectivity index (χ1v) is 20.1. The number of nitrogens with zero attached hydrogens (tertiary/aromatic N) is 6. The van der Waals surface area contributed by atoms with Gasteiger partial charge in [0.05, 0.1) is 23.5 Å². The van der Waals surface area contributed by atoms with Crippen molar-refractivity contribution in [1.82, 2.24) is 25.1 Å². The van der Waals surface area contributed by atoms with Crippen molar-refractivity contribution in [2.45, 2.75) is 85.8 Å². The lowest BCUT2D eigenvalue weighted by Gasteiger charge is -2.42. The largest absolute Gasteiger partial charge is 0.369 e. The van der Waals surface area contributed by atoms with E-state index in [1.165, 1.54) is 11.8 Å². The molecule has 5 heterocycles. The first kappa shape index (κ1) is 37.1. The van der Waals surface area contributed by atoms with Crippen LogP contribution in [0.25, 0.3) is 0 Å². The number of imide groups is 2. The summed E-state index contributed by atoms with van der Waals surface area (Å²) in [6.45, 7) is 7.11. The summed E-state index contributed by atoms with van der Waals surface area (Å²) in [5.41, 5.74) is 8.39. The second-order valence-corrected chi connectivity index (χ2v) is 16.8. The Balaban J connectivity index is 0.793. The van der Waals surface area contributed by atoms with E-state index in [0.717, 1.165) is 110 Å². The van der Waals surface area contributed by atoms with Crippen LogP contribution in [0.5, 0.6) is 0 Å². The van der Waals surface area contributed by atoms with E-state index in [4.69, 9.17) is 5.73 Å². The van der Waals surface area contributed by atoms with Crippen LogP contribution in [-0.2, 0) is 14.4 Å². The highest BCUT2D eigenvalue weighted by Crippen LogP contribution is 2.34. The molecule has 1 saturated carbocycles. The van der Waals surface area contributed by atoms with Gasteiger partial charge in [-0.2, -0.15) is 0 Å². The summed E-state index contributed by atoms with van der Waals surface area (Å²) < 4.78 is 0. The minimum atomic E-state index is -0.978. The average Bonchev–Trinajstić information content (AvgIpc) is 3.43. The van der Waals surface area contributed by atoms with Gasteiger partial charge in [-0.1, -0.05) is 17.8 Å². The Morgan fingerprint density at radius 3 is 2.31 bits per heavy atom. The topological polar surface area (TPSA) is 174 Å². The maximum atomic E-state index is 13.4. The monoisotopic (exact) mass is 765 g/mol. The lowest BCUT2D eigenvalue weighted by molar-refractivity contribution is -0.136. The van der Waals surface area contributed by atoms with Gasteiger partial charge in [-0.05, 0) is 88.3 Å². The number of hydrogen-bond donors (Lipinski definition) is 3. The summed E-state index contributed by atoms with van der Waals surface area (Å²) in [7, 11) is 0. The molecule has 5 amide bonds. The van der Waals surface area contributed by atoms with E-state index in [9.17, 15) is 24.0 Å². The first-order chi connectivity index (χ1) is 26.5. The predicted octanol–water partition coefficient (Wildman–Crippen LogP) is 3.67. The summed E-state index contributed by atoms with van der Waals surface area (Å²) in [4.78, 5) is 82.1. The summed E-state index contributed by atoms with van der Waals surface area (Å²) in [5, 5.41) is 6.19. The van der Waals surface area contributed by atoms with E-state index in [1.807, 2.05) is 36.5 Å². The molecule has 0 spiro atoms. The highest BCUT2D eigenvalue weighted by molar-refractivity contribution is 7.99. The Labute approximate surface area is 324 Å². The van der Waals surface area contributed by atoms with E-state index >= 15 is 0 Å².